The Morgan fingerprint density at radius 3 is 2.23 bits per heavy atom. The predicted molar refractivity (Wildman–Crippen MR) is 55.6 cm³/mol. The molecule has 1 amide bonds. The molecule has 0 aliphatic heterocycles. The van der Waals surface area contributed by atoms with Crippen molar-refractivity contribution in [3.63, 3.8) is 0 Å². The third-order valence-electron chi connectivity index (χ3n) is 1.31. The van der Waals surface area contributed by atoms with Crippen molar-refractivity contribution >= 4 is 46.4 Å². The fourth-order valence-electron chi connectivity index (χ4n) is 0.730. The highest BCUT2D eigenvalue weighted by Crippen LogP contribution is 2.14. The molecule has 0 saturated carbocycles. The summed E-state index contributed by atoms with van der Waals surface area (Å²) in [5, 5.41) is 3.11. The number of benzene rings is 1. The second-order valence-corrected chi connectivity index (χ2v) is 3.83. The van der Waals surface area contributed by atoms with E-state index in [-0.39, 0.29) is 0 Å². The summed E-state index contributed by atoms with van der Waals surface area (Å²) in [6.07, 6.45) is 0. The van der Waals surface area contributed by atoms with E-state index < -0.39 is 10.7 Å². The lowest BCUT2D eigenvalue weighted by molar-refractivity contribution is -0.114. The molecular weight excluding hydrogens is 232 g/mol. The SMILES string of the molecule is O=C(Nc1ccc(Cl)cc1)C(Cl)Cl. The number of amides is 1. The molecule has 0 atom stereocenters. The standard InChI is InChI=1S/C8H6Cl3NO/c9-5-1-3-6(4-2-5)12-8(13)7(10)11/h1-4,7H,(H,12,13). The number of carbonyl (C=O) groups is 1. The molecule has 5 heteroatoms. The maximum Gasteiger partial charge on any atom is 0.257 e. The maximum absolute atomic E-state index is 11.0. The van der Waals surface area contributed by atoms with Crippen LogP contribution < -0.4 is 5.32 Å². The van der Waals surface area contributed by atoms with E-state index in [9.17, 15) is 4.79 Å². The largest absolute Gasteiger partial charge is 0.324 e. The fourth-order valence-corrected chi connectivity index (χ4v) is 0.965. The van der Waals surface area contributed by atoms with Crippen LogP contribution in [0.15, 0.2) is 24.3 Å². The summed E-state index contributed by atoms with van der Waals surface area (Å²) in [6, 6.07) is 6.65. The number of carbonyl (C=O) groups excluding carboxylic acids is 1. The van der Waals surface area contributed by atoms with Gasteiger partial charge in [-0.1, -0.05) is 34.8 Å². The minimum absolute atomic E-state index is 0.453. The first-order valence-electron chi connectivity index (χ1n) is 3.44. The van der Waals surface area contributed by atoms with Gasteiger partial charge in [-0.15, -0.1) is 0 Å². The predicted octanol–water partition coefficient (Wildman–Crippen LogP) is 3.08. The second kappa shape index (κ2) is 4.70. The summed E-state index contributed by atoms with van der Waals surface area (Å²) in [6.45, 7) is 0. The molecule has 0 unspecified atom stereocenters. The Morgan fingerprint density at radius 2 is 1.77 bits per heavy atom. The van der Waals surface area contributed by atoms with Crippen molar-refractivity contribution in [2.24, 2.45) is 0 Å². The molecule has 1 rings (SSSR count). The Bertz CT molecular complexity index is 297. The molecule has 2 nitrogen and oxygen atoms in total. The number of rotatable bonds is 2. The molecule has 0 saturated heterocycles. The Hall–Kier alpha value is -0.440. The van der Waals surface area contributed by atoms with Crippen molar-refractivity contribution in [1.82, 2.24) is 0 Å². The van der Waals surface area contributed by atoms with E-state index in [1.165, 1.54) is 0 Å². The average Bonchev–Trinajstić information content (AvgIpc) is 2.08. The molecule has 0 radical (unpaired) electrons. The molecule has 0 aliphatic rings. The monoisotopic (exact) mass is 237 g/mol. The van der Waals surface area contributed by atoms with Gasteiger partial charge < -0.3 is 5.32 Å². The van der Waals surface area contributed by atoms with Gasteiger partial charge in [-0.25, -0.2) is 0 Å². The third-order valence-corrected chi connectivity index (χ3v) is 1.96. The highest BCUT2D eigenvalue weighted by atomic mass is 35.5. The van der Waals surface area contributed by atoms with Crippen LogP contribution in [0, 0.1) is 0 Å². The molecule has 70 valence electrons. The Morgan fingerprint density at radius 1 is 1.23 bits per heavy atom. The van der Waals surface area contributed by atoms with Crippen molar-refractivity contribution in [1.29, 1.82) is 0 Å². The zero-order chi connectivity index (χ0) is 9.84. The Kier molecular flexibility index (Phi) is 3.85. The highest BCUT2D eigenvalue weighted by Gasteiger charge is 2.10. The first-order chi connectivity index (χ1) is 6.09. The van der Waals surface area contributed by atoms with Crippen LogP contribution >= 0.6 is 34.8 Å². The van der Waals surface area contributed by atoms with Gasteiger partial charge in [0.25, 0.3) is 5.91 Å². The summed E-state index contributed by atoms with van der Waals surface area (Å²) >= 11 is 16.3. The summed E-state index contributed by atoms with van der Waals surface area (Å²) in [5.41, 5.74) is 0.612. The third kappa shape index (κ3) is 3.43. The normalized spacial score (nSPS) is 10.2. The number of nitrogens with one attached hydrogen (secondary N) is 1. The quantitative estimate of drug-likeness (QED) is 0.788. The molecule has 0 bridgehead atoms. The van der Waals surface area contributed by atoms with Gasteiger partial charge in [0.1, 0.15) is 0 Å². The topological polar surface area (TPSA) is 29.1 Å². The smallest absolute Gasteiger partial charge is 0.257 e. The summed E-state index contributed by atoms with van der Waals surface area (Å²) < 4.78 is 0. The molecule has 0 spiro atoms. The van der Waals surface area contributed by atoms with E-state index in [0.717, 1.165) is 0 Å². The molecule has 0 aromatic heterocycles. The lowest BCUT2D eigenvalue weighted by Crippen LogP contribution is -2.18. The second-order valence-electron chi connectivity index (χ2n) is 2.30. The maximum atomic E-state index is 11.0. The number of anilines is 1. The van der Waals surface area contributed by atoms with Crippen molar-refractivity contribution in [2.45, 2.75) is 4.84 Å². The summed E-state index contributed by atoms with van der Waals surface area (Å²) in [7, 11) is 0. The van der Waals surface area contributed by atoms with Crippen LogP contribution in [0.5, 0.6) is 0 Å². The number of hydrogen-bond acceptors (Lipinski definition) is 1. The highest BCUT2D eigenvalue weighted by molar-refractivity contribution is 6.54. The Balaban J connectivity index is 2.65. The van der Waals surface area contributed by atoms with E-state index in [1.54, 1.807) is 24.3 Å². The molecule has 0 heterocycles. The van der Waals surface area contributed by atoms with E-state index in [4.69, 9.17) is 34.8 Å². The van der Waals surface area contributed by atoms with Crippen molar-refractivity contribution in [3.05, 3.63) is 29.3 Å². The van der Waals surface area contributed by atoms with E-state index in [1.807, 2.05) is 0 Å². The van der Waals surface area contributed by atoms with Crippen LogP contribution in [0.1, 0.15) is 0 Å². The average molecular weight is 239 g/mol. The summed E-state index contributed by atoms with van der Waals surface area (Å²) in [4.78, 5) is 9.93. The van der Waals surface area contributed by atoms with Crippen molar-refractivity contribution in [3.8, 4) is 0 Å². The lowest BCUT2D eigenvalue weighted by atomic mass is 10.3. The number of halogens is 3. The summed E-state index contributed by atoms with van der Waals surface area (Å²) in [5.74, 6) is -0.453. The molecule has 0 fully saturated rings. The van der Waals surface area contributed by atoms with E-state index in [0.29, 0.717) is 10.7 Å². The number of hydrogen-bond donors (Lipinski definition) is 1. The molecule has 1 aromatic carbocycles. The van der Waals surface area contributed by atoms with Gasteiger partial charge in [-0.05, 0) is 24.3 Å². The Labute approximate surface area is 90.8 Å². The first kappa shape index (κ1) is 10.6. The van der Waals surface area contributed by atoms with Crippen LogP contribution in [0.4, 0.5) is 5.69 Å². The van der Waals surface area contributed by atoms with Gasteiger partial charge in [-0.2, -0.15) is 0 Å². The van der Waals surface area contributed by atoms with E-state index >= 15 is 0 Å². The van der Waals surface area contributed by atoms with Gasteiger partial charge in [0.05, 0.1) is 0 Å². The minimum atomic E-state index is -1.06. The van der Waals surface area contributed by atoms with Crippen LogP contribution in [0.25, 0.3) is 0 Å². The molecule has 1 N–H and O–H groups in total. The van der Waals surface area contributed by atoms with Crippen LogP contribution in [0.2, 0.25) is 5.02 Å². The lowest BCUT2D eigenvalue weighted by Gasteiger charge is -2.04. The molecule has 1 aromatic rings. The number of alkyl halides is 2. The van der Waals surface area contributed by atoms with Gasteiger partial charge in [0, 0.05) is 10.7 Å². The van der Waals surface area contributed by atoms with Gasteiger partial charge >= 0.3 is 0 Å². The molecular formula is C8H6Cl3NO. The van der Waals surface area contributed by atoms with Crippen LogP contribution in [-0.4, -0.2) is 10.7 Å². The van der Waals surface area contributed by atoms with Crippen molar-refractivity contribution < 1.29 is 4.79 Å². The van der Waals surface area contributed by atoms with Gasteiger partial charge in [0.15, 0.2) is 4.84 Å². The zero-order valence-electron chi connectivity index (χ0n) is 6.43. The van der Waals surface area contributed by atoms with Crippen molar-refractivity contribution in [2.75, 3.05) is 5.32 Å². The molecule has 0 aliphatic carbocycles. The first-order valence-corrected chi connectivity index (χ1v) is 4.69. The van der Waals surface area contributed by atoms with E-state index in [2.05, 4.69) is 5.32 Å². The van der Waals surface area contributed by atoms with Gasteiger partial charge in [-0.3, -0.25) is 4.79 Å². The molecule has 13 heavy (non-hydrogen) atoms. The fraction of sp³-hybridized carbons (Fsp3) is 0.125. The zero-order valence-corrected chi connectivity index (χ0v) is 8.70. The van der Waals surface area contributed by atoms with Crippen LogP contribution in [0.3, 0.4) is 0 Å². The van der Waals surface area contributed by atoms with Gasteiger partial charge in [0.2, 0.25) is 0 Å². The minimum Gasteiger partial charge on any atom is -0.324 e. The van der Waals surface area contributed by atoms with Crippen LogP contribution in [-0.2, 0) is 4.79 Å².